The highest BCUT2D eigenvalue weighted by atomic mass is 16.5. The van der Waals surface area contributed by atoms with Gasteiger partial charge in [-0.25, -0.2) is 4.98 Å². The van der Waals surface area contributed by atoms with E-state index in [1.54, 1.807) is 37.6 Å². The lowest BCUT2D eigenvalue weighted by atomic mass is 10.0. The molecule has 0 aliphatic heterocycles. The molecule has 1 atom stereocenters. The molecule has 5 heteroatoms. The van der Waals surface area contributed by atoms with Crippen LogP contribution < -0.4 is 10.1 Å². The van der Waals surface area contributed by atoms with Gasteiger partial charge in [0.1, 0.15) is 17.6 Å². The van der Waals surface area contributed by atoms with Gasteiger partial charge in [-0.05, 0) is 36.8 Å². The van der Waals surface area contributed by atoms with Gasteiger partial charge in [0.2, 0.25) is 0 Å². The SMILES string of the molecule is COc1ccc(C(=O)NC(c2cccc(C)c2)c2nccn2C)cc1. The summed E-state index contributed by atoms with van der Waals surface area (Å²) in [6.45, 7) is 2.03. The minimum absolute atomic E-state index is 0.155. The molecule has 3 rings (SSSR count). The number of nitrogens with one attached hydrogen (secondary N) is 1. The Morgan fingerprint density at radius 3 is 2.56 bits per heavy atom. The van der Waals surface area contributed by atoms with Crippen molar-refractivity contribution in [3.8, 4) is 5.75 Å². The smallest absolute Gasteiger partial charge is 0.252 e. The van der Waals surface area contributed by atoms with Crippen molar-refractivity contribution in [1.82, 2.24) is 14.9 Å². The van der Waals surface area contributed by atoms with Crippen LogP contribution in [0, 0.1) is 6.92 Å². The molecule has 0 radical (unpaired) electrons. The van der Waals surface area contributed by atoms with Crippen molar-refractivity contribution in [2.75, 3.05) is 7.11 Å². The molecule has 0 fully saturated rings. The van der Waals surface area contributed by atoms with E-state index in [0.717, 1.165) is 22.7 Å². The third kappa shape index (κ3) is 3.71. The second-order valence-electron chi connectivity index (χ2n) is 5.95. The van der Waals surface area contributed by atoms with Gasteiger partial charge in [-0.1, -0.05) is 29.8 Å². The number of carbonyl (C=O) groups excluding carboxylic acids is 1. The first-order valence-corrected chi connectivity index (χ1v) is 8.07. The van der Waals surface area contributed by atoms with Crippen molar-refractivity contribution >= 4 is 5.91 Å². The van der Waals surface area contributed by atoms with Crippen LogP contribution >= 0.6 is 0 Å². The second kappa shape index (κ2) is 7.21. The Bertz CT molecular complexity index is 869. The van der Waals surface area contributed by atoms with E-state index in [9.17, 15) is 4.79 Å². The van der Waals surface area contributed by atoms with E-state index in [4.69, 9.17) is 4.74 Å². The summed E-state index contributed by atoms with van der Waals surface area (Å²) in [6.07, 6.45) is 3.61. The molecule has 3 aromatic rings. The highest BCUT2D eigenvalue weighted by Gasteiger charge is 2.21. The second-order valence-corrected chi connectivity index (χ2v) is 5.95. The lowest BCUT2D eigenvalue weighted by Gasteiger charge is -2.20. The van der Waals surface area contributed by atoms with Gasteiger partial charge < -0.3 is 14.6 Å². The van der Waals surface area contributed by atoms with Crippen LogP contribution in [0.1, 0.15) is 33.4 Å². The molecule has 2 aromatic carbocycles. The van der Waals surface area contributed by atoms with Gasteiger partial charge in [0.15, 0.2) is 0 Å². The first-order valence-electron chi connectivity index (χ1n) is 8.07. The average molecular weight is 335 g/mol. The van der Waals surface area contributed by atoms with Crippen molar-refractivity contribution in [2.24, 2.45) is 7.05 Å². The zero-order chi connectivity index (χ0) is 17.8. The number of aryl methyl sites for hydroxylation is 2. The van der Waals surface area contributed by atoms with Gasteiger partial charge in [-0.2, -0.15) is 0 Å². The van der Waals surface area contributed by atoms with Crippen molar-refractivity contribution < 1.29 is 9.53 Å². The number of amides is 1. The third-order valence-corrected chi connectivity index (χ3v) is 4.12. The zero-order valence-electron chi connectivity index (χ0n) is 14.6. The number of ether oxygens (including phenoxy) is 1. The Morgan fingerprint density at radius 1 is 1.20 bits per heavy atom. The number of benzene rings is 2. The van der Waals surface area contributed by atoms with Gasteiger partial charge >= 0.3 is 0 Å². The zero-order valence-corrected chi connectivity index (χ0v) is 14.6. The minimum Gasteiger partial charge on any atom is -0.497 e. The maximum absolute atomic E-state index is 12.7. The van der Waals surface area contributed by atoms with E-state index in [2.05, 4.69) is 16.4 Å². The molecule has 128 valence electrons. The molecule has 0 spiro atoms. The molecule has 1 heterocycles. The topological polar surface area (TPSA) is 56.1 Å². The summed E-state index contributed by atoms with van der Waals surface area (Å²) in [7, 11) is 3.52. The predicted molar refractivity (Wildman–Crippen MR) is 96.7 cm³/mol. The summed E-state index contributed by atoms with van der Waals surface area (Å²) in [5, 5.41) is 3.09. The van der Waals surface area contributed by atoms with Crippen molar-refractivity contribution in [3.63, 3.8) is 0 Å². The molecular weight excluding hydrogens is 314 g/mol. The summed E-state index contributed by atoms with van der Waals surface area (Å²) in [5.41, 5.74) is 2.71. The molecule has 5 nitrogen and oxygen atoms in total. The van der Waals surface area contributed by atoms with Crippen LogP contribution in [0.5, 0.6) is 5.75 Å². The van der Waals surface area contributed by atoms with Crippen molar-refractivity contribution in [3.05, 3.63) is 83.4 Å². The molecular formula is C20H21N3O2. The number of rotatable bonds is 5. The van der Waals surface area contributed by atoms with Crippen LogP contribution in [0.15, 0.2) is 60.9 Å². The Morgan fingerprint density at radius 2 is 1.96 bits per heavy atom. The highest BCUT2D eigenvalue weighted by Crippen LogP contribution is 2.22. The van der Waals surface area contributed by atoms with Crippen molar-refractivity contribution in [2.45, 2.75) is 13.0 Å². The van der Waals surface area contributed by atoms with E-state index in [-0.39, 0.29) is 11.9 Å². The number of hydrogen-bond acceptors (Lipinski definition) is 3. The lowest BCUT2D eigenvalue weighted by molar-refractivity contribution is 0.0941. The third-order valence-electron chi connectivity index (χ3n) is 4.12. The number of hydrogen-bond donors (Lipinski definition) is 1. The predicted octanol–water partition coefficient (Wildman–Crippen LogP) is 3.26. The van der Waals surface area contributed by atoms with Gasteiger partial charge in [-0.15, -0.1) is 0 Å². The van der Waals surface area contributed by atoms with Gasteiger partial charge in [0, 0.05) is 25.0 Å². The first-order chi connectivity index (χ1) is 12.1. The molecule has 1 amide bonds. The molecule has 1 N–H and O–H groups in total. The summed E-state index contributed by atoms with van der Waals surface area (Å²) >= 11 is 0. The Hall–Kier alpha value is -3.08. The Kier molecular flexibility index (Phi) is 4.84. The maximum atomic E-state index is 12.7. The van der Waals surface area contributed by atoms with E-state index in [1.165, 1.54) is 0 Å². The first kappa shape index (κ1) is 16.8. The summed E-state index contributed by atoms with van der Waals surface area (Å²) in [6, 6.07) is 14.8. The van der Waals surface area contributed by atoms with Crippen LogP contribution in [0.4, 0.5) is 0 Å². The molecule has 0 saturated heterocycles. The molecule has 0 saturated carbocycles. The molecule has 0 bridgehead atoms. The van der Waals surface area contributed by atoms with Crippen LogP contribution in [-0.4, -0.2) is 22.6 Å². The summed E-state index contributed by atoms with van der Waals surface area (Å²) in [4.78, 5) is 17.2. The summed E-state index contributed by atoms with van der Waals surface area (Å²) in [5.74, 6) is 1.35. The highest BCUT2D eigenvalue weighted by molar-refractivity contribution is 5.94. The molecule has 1 unspecified atom stereocenters. The van der Waals surface area contributed by atoms with E-state index in [0.29, 0.717) is 5.56 Å². The number of methoxy groups -OCH3 is 1. The number of imidazole rings is 1. The van der Waals surface area contributed by atoms with E-state index in [1.807, 2.05) is 42.9 Å². The number of nitrogens with zero attached hydrogens (tertiary/aromatic N) is 2. The number of aromatic nitrogens is 2. The fraction of sp³-hybridized carbons (Fsp3) is 0.200. The average Bonchev–Trinajstić information content (AvgIpc) is 3.05. The Labute approximate surface area is 147 Å². The van der Waals surface area contributed by atoms with Gasteiger partial charge in [0.25, 0.3) is 5.91 Å². The van der Waals surface area contributed by atoms with Gasteiger partial charge in [0.05, 0.1) is 7.11 Å². The number of carbonyl (C=O) groups is 1. The van der Waals surface area contributed by atoms with Crippen LogP contribution in [0.3, 0.4) is 0 Å². The van der Waals surface area contributed by atoms with Crippen LogP contribution in [-0.2, 0) is 7.05 Å². The monoisotopic (exact) mass is 335 g/mol. The fourth-order valence-corrected chi connectivity index (χ4v) is 2.76. The van der Waals surface area contributed by atoms with Crippen LogP contribution in [0.2, 0.25) is 0 Å². The largest absolute Gasteiger partial charge is 0.497 e. The van der Waals surface area contributed by atoms with E-state index >= 15 is 0 Å². The molecule has 0 aliphatic carbocycles. The standard InChI is InChI=1S/C20H21N3O2/c1-14-5-4-6-16(13-14)18(19-21-11-12-23(19)2)22-20(24)15-7-9-17(25-3)10-8-15/h4-13,18H,1-3H3,(H,22,24). The van der Waals surface area contributed by atoms with E-state index < -0.39 is 0 Å². The fourth-order valence-electron chi connectivity index (χ4n) is 2.76. The quantitative estimate of drug-likeness (QED) is 0.779. The van der Waals surface area contributed by atoms with Crippen molar-refractivity contribution in [1.29, 1.82) is 0 Å². The summed E-state index contributed by atoms with van der Waals surface area (Å²) < 4.78 is 7.06. The van der Waals surface area contributed by atoms with Crippen LogP contribution in [0.25, 0.3) is 0 Å². The molecule has 1 aromatic heterocycles. The minimum atomic E-state index is -0.325. The molecule has 25 heavy (non-hydrogen) atoms. The normalized spacial score (nSPS) is 11.8. The Balaban J connectivity index is 1.92. The maximum Gasteiger partial charge on any atom is 0.252 e. The van der Waals surface area contributed by atoms with Gasteiger partial charge in [-0.3, -0.25) is 4.79 Å². The lowest BCUT2D eigenvalue weighted by Crippen LogP contribution is -2.31. The molecule has 0 aliphatic rings.